The highest BCUT2D eigenvalue weighted by atomic mass is 16.8. The molecule has 2 saturated heterocycles. The Bertz CT molecular complexity index is 1300. The number of esters is 2. The maximum atomic E-state index is 13.0. The van der Waals surface area contributed by atoms with Crippen molar-refractivity contribution in [2.45, 2.75) is 74.1 Å². The molecule has 0 radical (unpaired) electrons. The first-order valence-corrected chi connectivity index (χ1v) is 14.9. The molecule has 18 heteroatoms. The van der Waals surface area contributed by atoms with Crippen LogP contribution in [0.15, 0.2) is 42.7 Å². The zero-order valence-corrected chi connectivity index (χ0v) is 25.6. The van der Waals surface area contributed by atoms with Crippen LogP contribution in [0.4, 0.5) is 0 Å². The van der Waals surface area contributed by atoms with E-state index in [4.69, 9.17) is 33.2 Å². The Morgan fingerprint density at radius 3 is 2.04 bits per heavy atom. The Morgan fingerprint density at radius 1 is 0.854 bits per heavy atom. The van der Waals surface area contributed by atoms with E-state index in [2.05, 4.69) is 6.58 Å². The van der Waals surface area contributed by atoms with Gasteiger partial charge in [-0.1, -0.05) is 12.1 Å². The summed E-state index contributed by atoms with van der Waals surface area (Å²) in [5, 5.41) is 90.5. The fourth-order valence-electron chi connectivity index (χ4n) is 5.52. The van der Waals surface area contributed by atoms with Gasteiger partial charge in [-0.05, 0) is 18.6 Å². The average Bonchev–Trinajstić information content (AvgIpc) is 3.09. The minimum atomic E-state index is -1.78. The summed E-state index contributed by atoms with van der Waals surface area (Å²) in [6, 6.07) is 3.76. The van der Waals surface area contributed by atoms with Gasteiger partial charge < -0.3 is 79.1 Å². The number of aliphatic hydroxyl groups excluding tert-OH is 8. The van der Waals surface area contributed by atoms with Gasteiger partial charge in [-0.25, -0.2) is 9.59 Å². The fraction of sp³-hybridized carbons (Fsp3) is 0.600. The molecule has 0 aliphatic carbocycles. The van der Waals surface area contributed by atoms with E-state index in [1.165, 1.54) is 24.3 Å². The van der Waals surface area contributed by atoms with Crippen LogP contribution in [0.1, 0.15) is 16.8 Å². The maximum absolute atomic E-state index is 13.0. The van der Waals surface area contributed by atoms with E-state index in [-0.39, 0.29) is 29.9 Å². The molecule has 48 heavy (non-hydrogen) atoms. The topological polar surface area (TPSA) is 281 Å². The largest absolute Gasteiger partial charge is 0.504 e. The second kappa shape index (κ2) is 16.3. The fourth-order valence-corrected chi connectivity index (χ4v) is 5.52. The summed E-state index contributed by atoms with van der Waals surface area (Å²) in [6.07, 6.45) is -14.9. The second-order valence-corrected chi connectivity index (χ2v) is 11.2. The Kier molecular flexibility index (Phi) is 12.7. The average molecular weight is 689 g/mol. The Hall–Kier alpha value is -3.40. The van der Waals surface area contributed by atoms with Crippen LogP contribution in [0, 0.1) is 11.8 Å². The summed E-state index contributed by atoms with van der Waals surface area (Å²) in [4.78, 5) is 25.6. The molecule has 13 atom stereocenters. The van der Waals surface area contributed by atoms with Crippen molar-refractivity contribution in [1.29, 1.82) is 0 Å². The number of methoxy groups -OCH3 is 1. The zero-order chi connectivity index (χ0) is 35.3. The number of benzene rings is 1. The molecule has 3 aliphatic rings. The number of phenols is 1. The van der Waals surface area contributed by atoms with E-state index in [1.807, 2.05) is 0 Å². The molecule has 1 aromatic rings. The quantitative estimate of drug-likeness (QED) is 0.0771. The molecule has 0 spiro atoms. The SMILES string of the molecule is C=C[C@@H]1C(CCOC(=O)c2cccc(O[C@@H]3O[C@H](CO)[C@@H](O)[C@H](O)[C@H]3O)c2O)C(C(=O)OC)=CO[C@H]1O[C@@H]1O[C@H](CO)[C@@H](O)[C@H](O)[C@H]1O. The molecular formula is C30H40O18. The first kappa shape index (κ1) is 37.4. The van der Waals surface area contributed by atoms with Gasteiger partial charge in [-0.2, -0.15) is 0 Å². The van der Waals surface area contributed by atoms with Crippen molar-refractivity contribution in [2.75, 3.05) is 26.9 Å². The Labute approximate surface area is 273 Å². The molecule has 2 fully saturated rings. The van der Waals surface area contributed by atoms with Gasteiger partial charge in [0.15, 0.2) is 17.8 Å². The minimum absolute atomic E-state index is 0.0184. The summed E-state index contributed by atoms with van der Waals surface area (Å²) >= 11 is 0. The van der Waals surface area contributed by atoms with Crippen LogP contribution < -0.4 is 4.74 Å². The third kappa shape index (κ3) is 7.74. The summed E-state index contributed by atoms with van der Waals surface area (Å²) in [5.41, 5.74) is -0.346. The Balaban J connectivity index is 1.45. The number of aliphatic hydroxyl groups is 8. The third-order valence-corrected chi connectivity index (χ3v) is 8.29. The highest BCUT2D eigenvalue weighted by Gasteiger charge is 2.48. The lowest BCUT2D eigenvalue weighted by Gasteiger charge is -2.43. The summed E-state index contributed by atoms with van der Waals surface area (Å²) < 4.78 is 37.6. The number of carbonyl (C=O) groups is 2. The lowest BCUT2D eigenvalue weighted by Crippen LogP contribution is -2.60. The number of hydrogen-bond donors (Lipinski definition) is 9. The number of carbonyl (C=O) groups excluding carboxylic acids is 2. The smallest absolute Gasteiger partial charge is 0.342 e. The molecular weight excluding hydrogens is 648 g/mol. The van der Waals surface area contributed by atoms with Crippen molar-refractivity contribution < 1.29 is 88.7 Å². The van der Waals surface area contributed by atoms with Gasteiger partial charge in [0, 0.05) is 11.8 Å². The molecule has 0 saturated carbocycles. The van der Waals surface area contributed by atoms with E-state index in [9.17, 15) is 55.5 Å². The lowest BCUT2D eigenvalue weighted by atomic mass is 9.82. The molecule has 1 aromatic carbocycles. The highest BCUT2D eigenvalue weighted by Crippen LogP contribution is 2.38. The molecule has 0 aromatic heterocycles. The molecule has 18 nitrogen and oxygen atoms in total. The summed E-state index contributed by atoms with van der Waals surface area (Å²) in [5.74, 6) is -4.54. The lowest BCUT2D eigenvalue weighted by molar-refractivity contribution is -0.339. The van der Waals surface area contributed by atoms with Gasteiger partial charge in [-0.15, -0.1) is 6.58 Å². The van der Waals surface area contributed by atoms with E-state index in [0.717, 1.165) is 13.4 Å². The van der Waals surface area contributed by atoms with Crippen LogP contribution in [0.25, 0.3) is 0 Å². The van der Waals surface area contributed by atoms with Crippen molar-refractivity contribution in [1.82, 2.24) is 0 Å². The van der Waals surface area contributed by atoms with Gasteiger partial charge >= 0.3 is 11.9 Å². The predicted octanol–water partition coefficient (Wildman–Crippen LogP) is -3.23. The van der Waals surface area contributed by atoms with Crippen molar-refractivity contribution in [3.8, 4) is 11.5 Å². The monoisotopic (exact) mass is 688 g/mol. The number of para-hydroxylation sites is 1. The minimum Gasteiger partial charge on any atom is -0.504 e. The normalized spacial score (nSPS) is 36.7. The van der Waals surface area contributed by atoms with E-state index in [1.54, 1.807) is 0 Å². The summed E-state index contributed by atoms with van der Waals surface area (Å²) in [7, 11) is 1.14. The third-order valence-electron chi connectivity index (χ3n) is 8.29. The molecule has 0 amide bonds. The molecule has 3 heterocycles. The molecule has 4 rings (SSSR count). The number of hydrogen-bond acceptors (Lipinski definition) is 18. The number of aromatic hydroxyl groups is 1. The summed E-state index contributed by atoms with van der Waals surface area (Å²) in [6.45, 7) is 2.01. The molecule has 9 N–H and O–H groups in total. The van der Waals surface area contributed by atoms with E-state index < -0.39 is 110 Å². The van der Waals surface area contributed by atoms with Crippen molar-refractivity contribution in [3.63, 3.8) is 0 Å². The van der Waals surface area contributed by atoms with Gasteiger partial charge in [0.25, 0.3) is 0 Å². The first-order valence-electron chi connectivity index (χ1n) is 14.9. The maximum Gasteiger partial charge on any atom is 0.342 e. The van der Waals surface area contributed by atoms with Gasteiger partial charge in [0.05, 0.1) is 38.8 Å². The predicted molar refractivity (Wildman–Crippen MR) is 154 cm³/mol. The zero-order valence-electron chi connectivity index (χ0n) is 25.6. The Morgan fingerprint density at radius 2 is 1.46 bits per heavy atom. The number of rotatable bonds is 12. The van der Waals surface area contributed by atoms with Crippen LogP contribution in [0.5, 0.6) is 11.5 Å². The molecule has 3 aliphatic heterocycles. The van der Waals surface area contributed by atoms with Crippen LogP contribution in [-0.2, 0) is 33.2 Å². The van der Waals surface area contributed by atoms with Gasteiger partial charge in [0.1, 0.15) is 54.4 Å². The number of phenolic OH excluding ortho intramolecular Hbond substituents is 1. The van der Waals surface area contributed by atoms with E-state index in [0.29, 0.717) is 0 Å². The standard InChI is InChI=1S/C30H40O18/c1-3-12-13(15(26(40)42-2)11-44-28(12)48-30-25(39)23(37)21(35)18(10-32)47-30)7-8-43-27(41)14-5-4-6-16(19(14)33)45-29-24(38)22(36)20(34)17(9-31)46-29/h3-6,11-13,17-18,20-25,28-39H,1,7-10H2,2H3/t12-,13?,17-,18-,20-,21-,22+,23+,24-,25-,28+,29-,30+/m1/s1. The highest BCUT2D eigenvalue weighted by molar-refractivity contribution is 5.93. The van der Waals surface area contributed by atoms with Crippen LogP contribution in [0.3, 0.4) is 0 Å². The second-order valence-electron chi connectivity index (χ2n) is 11.2. The van der Waals surface area contributed by atoms with Crippen LogP contribution in [-0.4, -0.2) is 153 Å². The molecule has 268 valence electrons. The molecule has 0 bridgehead atoms. The van der Waals surface area contributed by atoms with Crippen molar-refractivity contribution in [3.05, 3.63) is 48.3 Å². The van der Waals surface area contributed by atoms with Gasteiger partial charge in [-0.3, -0.25) is 0 Å². The van der Waals surface area contributed by atoms with Crippen LogP contribution in [0.2, 0.25) is 0 Å². The van der Waals surface area contributed by atoms with E-state index >= 15 is 0 Å². The number of ether oxygens (including phenoxy) is 7. The van der Waals surface area contributed by atoms with Crippen LogP contribution >= 0.6 is 0 Å². The van der Waals surface area contributed by atoms with Gasteiger partial charge in [0.2, 0.25) is 12.6 Å². The van der Waals surface area contributed by atoms with Crippen molar-refractivity contribution >= 4 is 11.9 Å². The van der Waals surface area contributed by atoms with Crippen molar-refractivity contribution in [2.24, 2.45) is 11.8 Å². The first-order chi connectivity index (χ1) is 22.9. The molecule has 1 unspecified atom stereocenters.